The highest BCUT2D eigenvalue weighted by atomic mass is 19.1. The average Bonchev–Trinajstić information content (AvgIpc) is 3.29. The number of nitrogens with one attached hydrogen (secondary N) is 1. The van der Waals surface area contributed by atoms with Crippen molar-refractivity contribution < 1.29 is 23.1 Å². The summed E-state index contributed by atoms with van der Waals surface area (Å²) >= 11 is 0. The second-order valence-corrected chi connectivity index (χ2v) is 6.32. The van der Waals surface area contributed by atoms with Gasteiger partial charge in [-0.05, 0) is 43.7 Å². The number of halogens is 1. The minimum Gasteiger partial charge on any atom is -0.467 e. The van der Waals surface area contributed by atoms with Crippen LogP contribution in [0, 0.1) is 31.0 Å². The van der Waals surface area contributed by atoms with Crippen LogP contribution in [0.25, 0.3) is 0 Å². The summed E-state index contributed by atoms with van der Waals surface area (Å²) in [6.07, 6.45) is 1.53. The van der Waals surface area contributed by atoms with Crippen molar-refractivity contribution >= 4 is 17.7 Å². The van der Waals surface area contributed by atoms with Gasteiger partial charge in [-0.25, -0.2) is 9.18 Å². The zero-order chi connectivity index (χ0) is 21.0. The maximum absolute atomic E-state index is 13.6. The standard InChI is InChI=1S/C21H18FN3O4/c1-13-14(2)25(11-15-6-5-9-28-15)20(17(13)10-23)24-19(26)12-29-21(27)16-7-3-4-8-18(16)22/h3-9H,11-12H2,1-2H3,(H,24,26). The highest BCUT2D eigenvalue weighted by Crippen LogP contribution is 2.27. The van der Waals surface area contributed by atoms with Crippen molar-refractivity contribution in [2.24, 2.45) is 0 Å². The first-order chi connectivity index (χ1) is 13.9. The topological polar surface area (TPSA) is 97.3 Å². The van der Waals surface area contributed by atoms with E-state index in [1.165, 1.54) is 24.5 Å². The molecule has 7 nitrogen and oxygen atoms in total. The molecule has 3 aromatic rings. The molecule has 0 radical (unpaired) electrons. The molecule has 0 aliphatic heterocycles. The number of carbonyl (C=O) groups is 2. The van der Waals surface area contributed by atoms with E-state index in [1.807, 2.05) is 6.92 Å². The lowest BCUT2D eigenvalue weighted by molar-refractivity contribution is -0.119. The number of nitriles is 1. The largest absolute Gasteiger partial charge is 0.467 e. The summed E-state index contributed by atoms with van der Waals surface area (Å²) < 4.78 is 25.6. The molecular formula is C21H18FN3O4. The van der Waals surface area contributed by atoms with Crippen LogP contribution >= 0.6 is 0 Å². The summed E-state index contributed by atoms with van der Waals surface area (Å²) in [7, 11) is 0. The second-order valence-electron chi connectivity index (χ2n) is 6.32. The number of anilines is 1. The molecule has 0 fully saturated rings. The predicted octanol–water partition coefficient (Wildman–Crippen LogP) is 3.55. The van der Waals surface area contributed by atoms with Crippen LogP contribution < -0.4 is 5.32 Å². The molecule has 0 atom stereocenters. The Morgan fingerprint density at radius 2 is 2.00 bits per heavy atom. The van der Waals surface area contributed by atoms with Gasteiger partial charge in [0.1, 0.15) is 23.5 Å². The molecular weight excluding hydrogens is 377 g/mol. The quantitative estimate of drug-likeness (QED) is 0.644. The smallest absolute Gasteiger partial charge is 0.341 e. The fourth-order valence-electron chi connectivity index (χ4n) is 2.89. The Morgan fingerprint density at radius 1 is 1.24 bits per heavy atom. The SMILES string of the molecule is Cc1c(C#N)c(NC(=O)COC(=O)c2ccccc2F)n(Cc2ccco2)c1C. The number of rotatable bonds is 6. The molecule has 0 aliphatic rings. The second kappa shape index (κ2) is 8.44. The Bertz CT molecular complexity index is 1090. The van der Waals surface area contributed by atoms with Gasteiger partial charge < -0.3 is 19.0 Å². The Kier molecular flexibility index (Phi) is 5.79. The molecule has 0 spiro atoms. The zero-order valence-electron chi connectivity index (χ0n) is 15.9. The van der Waals surface area contributed by atoms with Gasteiger partial charge in [0, 0.05) is 5.69 Å². The number of amides is 1. The Morgan fingerprint density at radius 3 is 2.66 bits per heavy atom. The molecule has 0 saturated carbocycles. The number of ether oxygens (including phenoxy) is 1. The van der Waals surface area contributed by atoms with E-state index < -0.39 is 24.3 Å². The van der Waals surface area contributed by atoms with Crippen molar-refractivity contribution in [3.63, 3.8) is 0 Å². The van der Waals surface area contributed by atoms with Gasteiger partial charge in [-0.3, -0.25) is 4.79 Å². The summed E-state index contributed by atoms with van der Waals surface area (Å²) in [6.45, 7) is 3.29. The van der Waals surface area contributed by atoms with Crippen LogP contribution in [-0.2, 0) is 16.1 Å². The lowest BCUT2D eigenvalue weighted by atomic mass is 10.2. The number of hydrogen-bond acceptors (Lipinski definition) is 5. The number of furan rings is 1. The maximum atomic E-state index is 13.6. The first-order valence-electron chi connectivity index (χ1n) is 8.76. The minimum atomic E-state index is -0.947. The van der Waals surface area contributed by atoms with Crippen LogP contribution in [0.3, 0.4) is 0 Å². The van der Waals surface area contributed by atoms with Crippen molar-refractivity contribution in [2.45, 2.75) is 20.4 Å². The fraction of sp³-hybridized carbons (Fsp3) is 0.190. The normalized spacial score (nSPS) is 10.4. The van der Waals surface area contributed by atoms with Gasteiger partial charge in [-0.15, -0.1) is 0 Å². The Hall–Kier alpha value is -3.86. The molecule has 0 unspecified atom stereocenters. The molecule has 1 amide bonds. The number of esters is 1. The van der Waals surface area contributed by atoms with Gasteiger partial charge in [0.2, 0.25) is 0 Å². The van der Waals surface area contributed by atoms with Crippen LogP contribution in [0.1, 0.15) is 32.9 Å². The number of hydrogen-bond donors (Lipinski definition) is 1. The maximum Gasteiger partial charge on any atom is 0.341 e. The molecule has 0 bridgehead atoms. The molecule has 2 aromatic heterocycles. The summed E-state index contributed by atoms with van der Waals surface area (Å²) in [5.41, 5.74) is 1.56. The van der Waals surface area contributed by atoms with Crippen LogP contribution in [0.15, 0.2) is 47.1 Å². The zero-order valence-corrected chi connectivity index (χ0v) is 15.9. The van der Waals surface area contributed by atoms with E-state index >= 15 is 0 Å². The van der Waals surface area contributed by atoms with Crippen LogP contribution in [0.5, 0.6) is 0 Å². The molecule has 29 heavy (non-hydrogen) atoms. The molecule has 1 N–H and O–H groups in total. The van der Waals surface area contributed by atoms with Crippen molar-refractivity contribution in [3.05, 3.63) is 76.6 Å². The molecule has 1 aromatic carbocycles. The van der Waals surface area contributed by atoms with Crippen LogP contribution in [-0.4, -0.2) is 23.1 Å². The van der Waals surface area contributed by atoms with E-state index in [9.17, 15) is 19.2 Å². The van der Waals surface area contributed by atoms with E-state index in [0.29, 0.717) is 17.9 Å². The van der Waals surface area contributed by atoms with Gasteiger partial charge in [-0.2, -0.15) is 5.26 Å². The summed E-state index contributed by atoms with van der Waals surface area (Å²) in [4.78, 5) is 24.3. The third kappa shape index (κ3) is 4.19. The Balaban J connectivity index is 1.76. The van der Waals surface area contributed by atoms with Crippen molar-refractivity contribution in [2.75, 3.05) is 11.9 Å². The predicted molar refractivity (Wildman–Crippen MR) is 102 cm³/mol. The average molecular weight is 395 g/mol. The van der Waals surface area contributed by atoms with Crippen molar-refractivity contribution in [3.8, 4) is 6.07 Å². The molecule has 8 heteroatoms. The molecule has 3 rings (SSSR count). The fourth-order valence-corrected chi connectivity index (χ4v) is 2.89. The first kappa shape index (κ1) is 19.9. The van der Waals surface area contributed by atoms with E-state index in [4.69, 9.17) is 9.15 Å². The molecule has 148 valence electrons. The van der Waals surface area contributed by atoms with Crippen molar-refractivity contribution in [1.82, 2.24) is 4.57 Å². The van der Waals surface area contributed by atoms with Gasteiger partial charge in [0.25, 0.3) is 5.91 Å². The minimum absolute atomic E-state index is 0.258. The number of nitrogens with zero attached hydrogens (tertiary/aromatic N) is 2. The van der Waals surface area contributed by atoms with Crippen molar-refractivity contribution in [1.29, 1.82) is 5.26 Å². The molecule has 0 aliphatic carbocycles. The first-order valence-corrected chi connectivity index (χ1v) is 8.76. The van der Waals surface area contributed by atoms with Gasteiger partial charge in [-0.1, -0.05) is 12.1 Å². The highest BCUT2D eigenvalue weighted by Gasteiger charge is 2.21. The van der Waals surface area contributed by atoms with Gasteiger partial charge in [0.15, 0.2) is 6.61 Å². The third-order valence-electron chi connectivity index (χ3n) is 4.52. The summed E-state index contributed by atoms with van der Waals surface area (Å²) in [6, 6.07) is 10.9. The van der Waals surface area contributed by atoms with E-state index in [2.05, 4.69) is 11.4 Å². The number of benzene rings is 1. The number of carbonyl (C=O) groups excluding carboxylic acids is 2. The Labute approximate surface area is 166 Å². The third-order valence-corrected chi connectivity index (χ3v) is 4.52. The van der Waals surface area contributed by atoms with E-state index in [1.54, 1.807) is 23.6 Å². The summed E-state index contributed by atoms with van der Waals surface area (Å²) in [5.74, 6) is -1.40. The summed E-state index contributed by atoms with van der Waals surface area (Å²) in [5, 5.41) is 12.1. The molecule has 2 heterocycles. The van der Waals surface area contributed by atoms with Gasteiger partial charge in [0.05, 0.1) is 23.9 Å². The van der Waals surface area contributed by atoms with E-state index in [-0.39, 0.29) is 11.4 Å². The van der Waals surface area contributed by atoms with E-state index in [0.717, 1.165) is 17.3 Å². The monoisotopic (exact) mass is 395 g/mol. The van der Waals surface area contributed by atoms with Crippen LogP contribution in [0.4, 0.5) is 10.2 Å². The van der Waals surface area contributed by atoms with Gasteiger partial charge >= 0.3 is 5.97 Å². The highest BCUT2D eigenvalue weighted by molar-refractivity contribution is 5.96. The molecule has 0 saturated heterocycles. The lowest BCUT2D eigenvalue weighted by Gasteiger charge is -2.12. The van der Waals surface area contributed by atoms with Crippen LogP contribution in [0.2, 0.25) is 0 Å². The lowest BCUT2D eigenvalue weighted by Crippen LogP contribution is -2.23. The number of aromatic nitrogens is 1.